The van der Waals surface area contributed by atoms with E-state index in [1.807, 2.05) is 16.8 Å². The Morgan fingerprint density at radius 1 is 1.47 bits per heavy atom. The second-order valence-electron chi connectivity index (χ2n) is 5.20. The Kier molecular flexibility index (Phi) is 3.31. The van der Waals surface area contributed by atoms with E-state index in [0.29, 0.717) is 18.1 Å². The maximum atomic E-state index is 6.08. The fourth-order valence-corrected chi connectivity index (χ4v) is 1.98. The Hall–Kier alpha value is -1.20. The first kappa shape index (κ1) is 12.3. The van der Waals surface area contributed by atoms with E-state index >= 15 is 0 Å². The summed E-state index contributed by atoms with van der Waals surface area (Å²) in [5, 5.41) is 7.95. The predicted molar refractivity (Wildman–Crippen MR) is 68.7 cm³/mol. The van der Waals surface area contributed by atoms with Crippen LogP contribution in [0.5, 0.6) is 0 Å². The molecule has 0 saturated heterocycles. The Morgan fingerprint density at radius 3 is 2.82 bits per heavy atom. The lowest BCUT2D eigenvalue weighted by molar-refractivity contribution is 0.286. The fourth-order valence-electron chi connectivity index (χ4n) is 1.34. The third kappa shape index (κ3) is 2.92. The van der Waals surface area contributed by atoms with Crippen molar-refractivity contribution >= 4 is 11.3 Å². The summed E-state index contributed by atoms with van der Waals surface area (Å²) in [5.41, 5.74) is 7.12. The van der Waals surface area contributed by atoms with Crippen molar-refractivity contribution in [2.24, 2.45) is 11.1 Å². The Bertz CT molecular complexity index is 470. The van der Waals surface area contributed by atoms with E-state index in [2.05, 4.69) is 30.9 Å². The standard InChI is InChI=1S/C12H17N3OS/c1-12(2,3)9(13)6-10-14-11(15-16-10)8-4-5-17-7-8/h4-5,7,9H,6,13H2,1-3H3. The van der Waals surface area contributed by atoms with Crippen molar-refractivity contribution in [3.63, 3.8) is 0 Å². The van der Waals surface area contributed by atoms with Gasteiger partial charge in [0, 0.05) is 23.4 Å². The van der Waals surface area contributed by atoms with Crippen LogP contribution >= 0.6 is 11.3 Å². The van der Waals surface area contributed by atoms with Gasteiger partial charge < -0.3 is 10.3 Å². The number of hydrogen-bond acceptors (Lipinski definition) is 5. The molecule has 2 heterocycles. The van der Waals surface area contributed by atoms with Crippen molar-refractivity contribution in [1.82, 2.24) is 10.1 Å². The van der Waals surface area contributed by atoms with Crippen LogP contribution in [0.4, 0.5) is 0 Å². The zero-order valence-electron chi connectivity index (χ0n) is 10.3. The van der Waals surface area contributed by atoms with Gasteiger partial charge in [-0.2, -0.15) is 16.3 Å². The second-order valence-corrected chi connectivity index (χ2v) is 5.98. The summed E-state index contributed by atoms with van der Waals surface area (Å²) >= 11 is 1.62. The molecule has 92 valence electrons. The van der Waals surface area contributed by atoms with Gasteiger partial charge in [-0.15, -0.1) is 0 Å². The summed E-state index contributed by atoms with van der Waals surface area (Å²) in [6.07, 6.45) is 0.612. The lowest BCUT2D eigenvalue weighted by Crippen LogP contribution is -2.36. The number of rotatable bonds is 3. The first-order valence-corrected chi connectivity index (χ1v) is 6.52. The van der Waals surface area contributed by atoms with Crippen LogP contribution in [-0.4, -0.2) is 16.2 Å². The molecule has 2 rings (SSSR count). The Balaban J connectivity index is 2.09. The van der Waals surface area contributed by atoms with Crippen molar-refractivity contribution in [1.29, 1.82) is 0 Å². The lowest BCUT2D eigenvalue weighted by atomic mass is 9.85. The molecule has 0 aliphatic carbocycles. The smallest absolute Gasteiger partial charge is 0.228 e. The van der Waals surface area contributed by atoms with Gasteiger partial charge in [0.25, 0.3) is 0 Å². The maximum Gasteiger partial charge on any atom is 0.228 e. The molecule has 0 radical (unpaired) electrons. The highest BCUT2D eigenvalue weighted by molar-refractivity contribution is 7.08. The summed E-state index contributed by atoms with van der Waals surface area (Å²) < 4.78 is 5.22. The van der Waals surface area contributed by atoms with Gasteiger partial charge >= 0.3 is 0 Å². The number of nitrogens with zero attached hydrogens (tertiary/aromatic N) is 2. The first-order chi connectivity index (χ1) is 7.97. The van der Waals surface area contributed by atoms with Gasteiger partial charge in [-0.3, -0.25) is 0 Å². The molecule has 2 aromatic rings. The zero-order chi connectivity index (χ0) is 12.5. The van der Waals surface area contributed by atoms with Crippen LogP contribution in [0.1, 0.15) is 26.7 Å². The van der Waals surface area contributed by atoms with Crippen molar-refractivity contribution in [2.45, 2.75) is 33.2 Å². The van der Waals surface area contributed by atoms with Crippen LogP contribution in [0.15, 0.2) is 21.3 Å². The normalized spacial score (nSPS) is 13.9. The van der Waals surface area contributed by atoms with Gasteiger partial charge in [-0.05, 0) is 16.9 Å². The molecule has 2 N–H and O–H groups in total. The molecule has 1 atom stereocenters. The lowest BCUT2D eigenvalue weighted by Gasteiger charge is -2.25. The third-order valence-electron chi connectivity index (χ3n) is 2.75. The van der Waals surface area contributed by atoms with Crippen LogP contribution in [0.3, 0.4) is 0 Å². The summed E-state index contributed by atoms with van der Waals surface area (Å²) in [5.74, 6) is 1.25. The highest BCUT2D eigenvalue weighted by atomic mass is 32.1. The quantitative estimate of drug-likeness (QED) is 0.911. The molecule has 0 aliphatic rings. The molecule has 0 bridgehead atoms. The number of thiophene rings is 1. The highest BCUT2D eigenvalue weighted by Crippen LogP contribution is 2.22. The number of nitrogens with two attached hydrogens (primary N) is 1. The van der Waals surface area contributed by atoms with Crippen molar-refractivity contribution < 1.29 is 4.52 Å². The number of hydrogen-bond donors (Lipinski definition) is 1. The van der Waals surface area contributed by atoms with Crippen molar-refractivity contribution in [3.05, 3.63) is 22.7 Å². The molecule has 4 nitrogen and oxygen atoms in total. The summed E-state index contributed by atoms with van der Waals surface area (Å²) in [7, 11) is 0. The van der Waals surface area contributed by atoms with Crippen LogP contribution in [0.25, 0.3) is 11.4 Å². The topological polar surface area (TPSA) is 64.9 Å². The van der Waals surface area contributed by atoms with Gasteiger partial charge in [0.1, 0.15) is 0 Å². The average Bonchev–Trinajstić information content (AvgIpc) is 2.83. The van der Waals surface area contributed by atoms with Crippen molar-refractivity contribution in [3.8, 4) is 11.4 Å². The van der Waals surface area contributed by atoms with E-state index in [9.17, 15) is 0 Å². The molecule has 0 amide bonds. The number of aromatic nitrogens is 2. The third-order valence-corrected chi connectivity index (χ3v) is 3.44. The molecular weight excluding hydrogens is 234 g/mol. The summed E-state index contributed by atoms with van der Waals surface area (Å²) in [6, 6.07) is 1.99. The van der Waals surface area contributed by atoms with Gasteiger partial charge in [-0.25, -0.2) is 0 Å². The largest absolute Gasteiger partial charge is 0.339 e. The monoisotopic (exact) mass is 251 g/mol. The van der Waals surface area contributed by atoms with E-state index < -0.39 is 0 Å². The maximum absolute atomic E-state index is 6.08. The van der Waals surface area contributed by atoms with E-state index in [0.717, 1.165) is 5.56 Å². The van der Waals surface area contributed by atoms with Crippen LogP contribution in [0, 0.1) is 5.41 Å². The minimum atomic E-state index is 0.0123. The molecule has 0 spiro atoms. The Labute approximate surface area is 105 Å². The predicted octanol–water partition coefficient (Wildman–Crippen LogP) is 2.71. The summed E-state index contributed by atoms with van der Waals surface area (Å²) in [6.45, 7) is 6.31. The molecular formula is C12H17N3OS. The van der Waals surface area contributed by atoms with Crippen LogP contribution in [-0.2, 0) is 6.42 Å². The van der Waals surface area contributed by atoms with Gasteiger partial charge in [0.05, 0.1) is 0 Å². The molecule has 2 aromatic heterocycles. The average molecular weight is 251 g/mol. The first-order valence-electron chi connectivity index (χ1n) is 5.57. The van der Waals surface area contributed by atoms with E-state index in [1.54, 1.807) is 11.3 Å². The Morgan fingerprint density at radius 2 is 2.24 bits per heavy atom. The zero-order valence-corrected chi connectivity index (χ0v) is 11.1. The van der Waals surface area contributed by atoms with E-state index in [-0.39, 0.29) is 11.5 Å². The molecule has 5 heteroatoms. The van der Waals surface area contributed by atoms with E-state index in [4.69, 9.17) is 10.3 Å². The van der Waals surface area contributed by atoms with E-state index in [1.165, 1.54) is 0 Å². The van der Waals surface area contributed by atoms with Gasteiger partial charge in [-0.1, -0.05) is 25.9 Å². The fraction of sp³-hybridized carbons (Fsp3) is 0.500. The SMILES string of the molecule is CC(C)(C)C(N)Cc1nc(-c2ccsc2)no1. The molecule has 0 saturated carbocycles. The van der Waals surface area contributed by atoms with Gasteiger partial charge in [0.15, 0.2) is 0 Å². The van der Waals surface area contributed by atoms with Gasteiger partial charge in [0.2, 0.25) is 11.7 Å². The molecule has 1 unspecified atom stereocenters. The molecule has 0 aromatic carbocycles. The van der Waals surface area contributed by atoms with Crippen LogP contribution in [0.2, 0.25) is 0 Å². The molecule has 17 heavy (non-hydrogen) atoms. The minimum Gasteiger partial charge on any atom is -0.339 e. The molecule has 0 fully saturated rings. The summed E-state index contributed by atoms with van der Waals surface area (Å²) in [4.78, 5) is 4.36. The minimum absolute atomic E-state index is 0.0123. The van der Waals surface area contributed by atoms with Crippen LogP contribution < -0.4 is 5.73 Å². The molecule has 0 aliphatic heterocycles. The highest BCUT2D eigenvalue weighted by Gasteiger charge is 2.23. The van der Waals surface area contributed by atoms with Crippen molar-refractivity contribution in [2.75, 3.05) is 0 Å². The second kappa shape index (κ2) is 4.58.